The van der Waals surface area contributed by atoms with Crippen LogP contribution in [0, 0.1) is 0 Å². The molecule has 1 fully saturated rings. The second-order valence-electron chi connectivity index (χ2n) is 3.89. The highest BCUT2D eigenvalue weighted by atomic mass is 19.1. The normalized spacial score (nSPS) is 37.1. The number of halogens is 1. The van der Waals surface area contributed by atoms with Crippen LogP contribution in [0.1, 0.15) is 26.7 Å². The van der Waals surface area contributed by atoms with Gasteiger partial charge in [-0.3, -0.25) is 0 Å². The molecule has 0 saturated carbocycles. The van der Waals surface area contributed by atoms with Crippen molar-refractivity contribution in [2.24, 2.45) is 0 Å². The molecule has 0 spiro atoms. The van der Waals surface area contributed by atoms with Crippen molar-refractivity contribution in [2.45, 2.75) is 37.9 Å². The van der Waals surface area contributed by atoms with Crippen molar-refractivity contribution in [3.63, 3.8) is 0 Å². The third-order valence-corrected chi connectivity index (χ3v) is 2.06. The molecule has 1 heterocycles. The van der Waals surface area contributed by atoms with Crippen LogP contribution in [0.3, 0.4) is 0 Å². The summed E-state index contributed by atoms with van der Waals surface area (Å²) in [6.45, 7) is 3.52. The quantitative estimate of drug-likeness (QED) is 0.629. The third-order valence-electron chi connectivity index (χ3n) is 2.06. The van der Waals surface area contributed by atoms with E-state index in [9.17, 15) is 9.50 Å². The molecule has 0 bridgehead atoms. The van der Waals surface area contributed by atoms with Gasteiger partial charge < -0.3 is 9.84 Å². The highest BCUT2D eigenvalue weighted by Crippen LogP contribution is 2.31. The lowest BCUT2D eigenvalue weighted by Gasteiger charge is -2.39. The van der Waals surface area contributed by atoms with Gasteiger partial charge in [-0.15, -0.1) is 0 Å². The molecule has 3 heteroatoms. The van der Waals surface area contributed by atoms with E-state index in [1.807, 2.05) is 13.8 Å². The van der Waals surface area contributed by atoms with Crippen molar-refractivity contribution >= 4 is 0 Å². The first-order valence-corrected chi connectivity index (χ1v) is 3.90. The van der Waals surface area contributed by atoms with Crippen molar-refractivity contribution in [3.05, 3.63) is 0 Å². The largest absolute Gasteiger partial charge is 0.387 e. The zero-order valence-electron chi connectivity index (χ0n) is 7.06. The van der Waals surface area contributed by atoms with Gasteiger partial charge in [0.15, 0.2) is 0 Å². The van der Waals surface area contributed by atoms with Gasteiger partial charge in [-0.25, -0.2) is 4.39 Å². The summed E-state index contributed by atoms with van der Waals surface area (Å²) < 4.78 is 17.6. The maximum atomic E-state index is 12.3. The topological polar surface area (TPSA) is 29.5 Å². The molecule has 0 radical (unpaired) electrons. The first-order valence-electron chi connectivity index (χ1n) is 3.90. The van der Waals surface area contributed by atoms with Crippen LogP contribution in [0.5, 0.6) is 0 Å². The van der Waals surface area contributed by atoms with Gasteiger partial charge in [-0.05, 0) is 13.8 Å². The summed E-state index contributed by atoms with van der Waals surface area (Å²) in [6.07, 6.45) is 0.795. The molecule has 1 N–H and O–H groups in total. The standard InChI is InChI=1S/C8H15FO2/c1-7(2)5-8(10,6-9)3-4-11-7/h10H,3-6H2,1-2H3. The molecule has 1 rings (SSSR count). The van der Waals surface area contributed by atoms with Crippen molar-refractivity contribution < 1.29 is 14.2 Å². The van der Waals surface area contributed by atoms with E-state index in [2.05, 4.69) is 0 Å². The second-order valence-corrected chi connectivity index (χ2v) is 3.89. The fraction of sp³-hybridized carbons (Fsp3) is 1.00. The fourth-order valence-corrected chi connectivity index (χ4v) is 1.56. The summed E-state index contributed by atoms with van der Waals surface area (Å²) in [5, 5.41) is 9.56. The molecule has 1 unspecified atom stereocenters. The van der Waals surface area contributed by atoms with E-state index in [1.54, 1.807) is 0 Å². The smallest absolute Gasteiger partial charge is 0.118 e. The molecule has 1 saturated heterocycles. The molecule has 2 nitrogen and oxygen atoms in total. The summed E-state index contributed by atoms with van der Waals surface area (Å²) in [5.74, 6) is 0. The van der Waals surface area contributed by atoms with Gasteiger partial charge in [-0.2, -0.15) is 0 Å². The summed E-state index contributed by atoms with van der Waals surface area (Å²) >= 11 is 0. The number of rotatable bonds is 1. The summed E-state index contributed by atoms with van der Waals surface area (Å²) in [5.41, 5.74) is -1.51. The first-order chi connectivity index (χ1) is 4.97. The lowest BCUT2D eigenvalue weighted by molar-refractivity contribution is -0.150. The lowest BCUT2D eigenvalue weighted by atomic mass is 9.85. The zero-order valence-corrected chi connectivity index (χ0v) is 7.06. The molecule has 1 aliphatic rings. The molecule has 0 aromatic carbocycles. The minimum absolute atomic E-state index is 0.376. The summed E-state index contributed by atoms with van der Waals surface area (Å²) in [4.78, 5) is 0. The van der Waals surface area contributed by atoms with E-state index in [1.165, 1.54) is 0 Å². The molecular formula is C8H15FO2. The number of aliphatic hydroxyl groups is 1. The molecule has 11 heavy (non-hydrogen) atoms. The third kappa shape index (κ3) is 2.14. The van der Waals surface area contributed by atoms with Crippen LogP contribution in [0.4, 0.5) is 4.39 Å². The molecule has 66 valence electrons. The first kappa shape index (κ1) is 8.94. The van der Waals surface area contributed by atoms with Gasteiger partial charge in [0.2, 0.25) is 0 Å². The number of ether oxygens (including phenoxy) is 1. The second kappa shape index (κ2) is 2.72. The predicted molar refractivity (Wildman–Crippen MR) is 40.2 cm³/mol. The van der Waals surface area contributed by atoms with Gasteiger partial charge >= 0.3 is 0 Å². The minimum Gasteiger partial charge on any atom is -0.387 e. The van der Waals surface area contributed by atoms with E-state index in [0.29, 0.717) is 19.4 Å². The van der Waals surface area contributed by atoms with Crippen LogP contribution in [-0.2, 0) is 4.74 Å². The van der Waals surface area contributed by atoms with Crippen LogP contribution in [0.15, 0.2) is 0 Å². The van der Waals surface area contributed by atoms with Gasteiger partial charge in [0.25, 0.3) is 0 Å². The number of hydrogen-bond donors (Lipinski definition) is 1. The highest BCUT2D eigenvalue weighted by molar-refractivity contribution is 4.89. The number of hydrogen-bond acceptors (Lipinski definition) is 2. The van der Waals surface area contributed by atoms with E-state index < -0.39 is 12.3 Å². The van der Waals surface area contributed by atoms with Gasteiger partial charge in [0.05, 0.1) is 17.8 Å². The van der Waals surface area contributed by atoms with Crippen molar-refractivity contribution in [1.29, 1.82) is 0 Å². The maximum absolute atomic E-state index is 12.3. The van der Waals surface area contributed by atoms with E-state index >= 15 is 0 Å². The summed E-state index contributed by atoms with van der Waals surface area (Å²) in [6, 6.07) is 0. The molecule has 0 aromatic rings. The molecule has 0 aromatic heterocycles. The Kier molecular flexibility index (Phi) is 2.21. The van der Waals surface area contributed by atoms with Crippen molar-refractivity contribution in [1.82, 2.24) is 0 Å². The zero-order chi connectivity index (χ0) is 8.54. The van der Waals surface area contributed by atoms with E-state index in [-0.39, 0.29) is 5.60 Å². The van der Waals surface area contributed by atoms with Gasteiger partial charge in [0, 0.05) is 12.8 Å². The Morgan fingerprint density at radius 1 is 1.55 bits per heavy atom. The Bertz CT molecular complexity index is 147. The van der Waals surface area contributed by atoms with Crippen LogP contribution < -0.4 is 0 Å². The van der Waals surface area contributed by atoms with E-state index in [4.69, 9.17) is 4.74 Å². The Morgan fingerprint density at radius 2 is 2.18 bits per heavy atom. The maximum Gasteiger partial charge on any atom is 0.118 e. The molecule has 0 amide bonds. The number of alkyl halides is 1. The fourth-order valence-electron chi connectivity index (χ4n) is 1.56. The minimum atomic E-state index is -1.14. The van der Waals surface area contributed by atoms with Gasteiger partial charge in [-0.1, -0.05) is 0 Å². The monoisotopic (exact) mass is 162 g/mol. The molecular weight excluding hydrogens is 147 g/mol. The van der Waals surface area contributed by atoms with Crippen molar-refractivity contribution in [2.75, 3.05) is 13.3 Å². The SMILES string of the molecule is CC1(C)CC(O)(CF)CCO1. The predicted octanol–water partition coefficient (Wildman–Crippen LogP) is 1.28. The Balaban J connectivity index is 2.59. The molecule has 1 atom stereocenters. The highest BCUT2D eigenvalue weighted by Gasteiger charge is 2.39. The van der Waals surface area contributed by atoms with Crippen LogP contribution in [-0.4, -0.2) is 29.6 Å². The van der Waals surface area contributed by atoms with Crippen molar-refractivity contribution in [3.8, 4) is 0 Å². The summed E-state index contributed by atoms with van der Waals surface area (Å²) in [7, 11) is 0. The molecule has 1 aliphatic heterocycles. The Labute approximate surface area is 66.4 Å². The average molecular weight is 162 g/mol. The Hall–Kier alpha value is -0.150. The Morgan fingerprint density at radius 3 is 2.55 bits per heavy atom. The lowest BCUT2D eigenvalue weighted by Crippen LogP contribution is -2.47. The van der Waals surface area contributed by atoms with Crippen LogP contribution >= 0.6 is 0 Å². The average Bonchev–Trinajstić information content (AvgIpc) is 1.85. The van der Waals surface area contributed by atoms with E-state index in [0.717, 1.165) is 0 Å². The molecule has 0 aliphatic carbocycles. The van der Waals surface area contributed by atoms with Gasteiger partial charge in [0.1, 0.15) is 6.67 Å². The van der Waals surface area contributed by atoms with Crippen LogP contribution in [0.25, 0.3) is 0 Å². The van der Waals surface area contributed by atoms with Crippen LogP contribution in [0.2, 0.25) is 0 Å².